The molecule has 120 valence electrons. The summed E-state index contributed by atoms with van der Waals surface area (Å²) >= 11 is 3.09. The number of benzene rings is 2. The molecule has 1 N–H and O–H groups in total. The maximum Gasteiger partial charge on any atom is 0.262 e. The molecule has 1 aliphatic heterocycles. The first-order chi connectivity index (χ1) is 11.0. The third kappa shape index (κ3) is 3.12. The lowest BCUT2D eigenvalue weighted by Gasteiger charge is -2.26. The van der Waals surface area contributed by atoms with Crippen LogP contribution in [-0.2, 0) is 11.3 Å². The van der Waals surface area contributed by atoms with Gasteiger partial charge in [-0.3, -0.25) is 14.9 Å². The molecule has 0 aliphatic carbocycles. The number of hydrogen-bond acceptors (Lipinski definition) is 3. The Hall–Kier alpha value is -1.83. The summed E-state index contributed by atoms with van der Waals surface area (Å²) in [5.74, 6) is -1.31. The van der Waals surface area contributed by atoms with Crippen LogP contribution in [0.5, 0.6) is 0 Å². The van der Waals surface area contributed by atoms with Crippen molar-refractivity contribution in [2.24, 2.45) is 0 Å². The number of nitrogens with zero attached hydrogens (tertiary/aromatic N) is 2. The molecule has 1 unspecified atom stereocenters. The van der Waals surface area contributed by atoms with E-state index in [9.17, 15) is 18.8 Å². The van der Waals surface area contributed by atoms with Gasteiger partial charge in [-0.15, -0.1) is 0 Å². The van der Waals surface area contributed by atoms with E-state index in [-0.39, 0.29) is 23.4 Å². The van der Waals surface area contributed by atoms with Crippen LogP contribution in [0.2, 0.25) is 0 Å². The molecule has 3 rings (SSSR count). The molecule has 1 aliphatic rings. The first-order valence-electron chi connectivity index (χ1n) is 6.90. The molecule has 0 aromatic heterocycles. The Bertz CT molecular complexity index is 757. The van der Waals surface area contributed by atoms with Gasteiger partial charge >= 0.3 is 0 Å². The lowest BCUT2D eigenvalue weighted by Crippen LogP contribution is -2.29. The van der Waals surface area contributed by atoms with E-state index in [4.69, 9.17) is 0 Å². The van der Waals surface area contributed by atoms with Gasteiger partial charge in [-0.05, 0) is 39.7 Å². The summed E-state index contributed by atoms with van der Waals surface area (Å²) in [6.07, 6.45) is -0.793. The highest BCUT2D eigenvalue weighted by molar-refractivity contribution is 9.10. The minimum absolute atomic E-state index is 0.0511. The SMILES string of the molecule is O=C1CN(Cc2ccccc2F)C(c2ccc(F)c(Br)c2)N1O. The number of carbonyl (C=O) groups excluding carboxylic acids is 1. The summed E-state index contributed by atoms with van der Waals surface area (Å²) in [7, 11) is 0. The number of rotatable bonds is 3. The van der Waals surface area contributed by atoms with Crippen molar-refractivity contribution in [2.45, 2.75) is 12.7 Å². The first-order valence-corrected chi connectivity index (χ1v) is 7.70. The lowest BCUT2D eigenvalue weighted by atomic mass is 10.1. The van der Waals surface area contributed by atoms with Crippen LogP contribution in [-0.4, -0.2) is 27.6 Å². The van der Waals surface area contributed by atoms with Crippen molar-refractivity contribution >= 4 is 21.8 Å². The van der Waals surface area contributed by atoms with Crippen molar-refractivity contribution in [1.82, 2.24) is 9.96 Å². The molecular weight excluding hydrogens is 370 g/mol. The zero-order valence-electron chi connectivity index (χ0n) is 11.9. The minimum Gasteiger partial charge on any atom is -0.284 e. The highest BCUT2D eigenvalue weighted by Gasteiger charge is 2.38. The van der Waals surface area contributed by atoms with E-state index < -0.39 is 17.9 Å². The molecule has 1 heterocycles. The molecule has 1 atom stereocenters. The average Bonchev–Trinajstić information content (AvgIpc) is 2.79. The van der Waals surface area contributed by atoms with Crippen molar-refractivity contribution in [2.75, 3.05) is 6.54 Å². The summed E-state index contributed by atoms with van der Waals surface area (Å²) in [5.41, 5.74) is 0.949. The fourth-order valence-corrected chi connectivity index (χ4v) is 3.03. The largest absolute Gasteiger partial charge is 0.284 e. The lowest BCUT2D eigenvalue weighted by molar-refractivity contribution is -0.170. The summed E-state index contributed by atoms with van der Waals surface area (Å²) in [6, 6.07) is 10.5. The van der Waals surface area contributed by atoms with Crippen LogP contribution in [0.25, 0.3) is 0 Å². The van der Waals surface area contributed by atoms with E-state index in [1.807, 2.05) is 0 Å². The molecule has 0 spiro atoms. The molecule has 2 aromatic rings. The van der Waals surface area contributed by atoms with Crippen molar-refractivity contribution in [3.8, 4) is 0 Å². The van der Waals surface area contributed by atoms with Gasteiger partial charge in [0, 0.05) is 12.1 Å². The van der Waals surface area contributed by atoms with E-state index in [1.54, 1.807) is 23.1 Å². The Kier molecular flexibility index (Phi) is 4.43. The van der Waals surface area contributed by atoms with E-state index >= 15 is 0 Å². The van der Waals surface area contributed by atoms with Crippen molar-refractivity contribution in [3.63, 3.8) is 0 Å². The molecule has 7 heteroatoms. The van der Waals surface area contributed by atoms with E-state index in [0.29, 0.717) is 16.2 Å². The summed E-state index contributed by atoms with van der Waals surface area (Å²) in [4.78, 5) is 13.5. The number of carbonyl (C=O) groups is 1. The second-order valence-electron chi connectivity index (χ2n) is 5.28. The number of hydroxylamine groups is 2. The van der Waals surface area contributed by atoms with Gasteiger partial charge in [0.05, 0.1) is 11.0 Å². The van der Waals surface area contributed by atoms with Crippen LogP contribution in [0.4, 0.5) is 8.78 Å². The standard InChI is InChI=1S/C16H13BrF2N2O2/c17-12-7-10(5-6-14(12)19)16-20(9-15(22)21(16)23)8-11-3-1-2-4-13(11)18/h1-7,16,23H,8-9H2. The third-order valence-electron chi connectivity index (χ3n) is 3.74. The summed E-state index contributed by atoms with van der Waals surface area (Å²) in [6.45, 7) is 0.0969. The van der Waals surface area contributed by atoms with Crippen LogP contribution in [0.15, 0.2) is 46.9 Å². The number of hydrogen-bond donors (Lipinski definition) is 1. The van der Waals surface area contributed by atoms with Gasteiger partial charge in [0.15, 0.2) is 0 Å². The highest BCUT2D eigenvalue weighted by Crippen LogP contribution is 2.33. The van der Waals surface area contributed by atoms with Gasteiger partial charge in [-0.25, -0.2) is 13.8 Å². The monoisotopic (exact) mass is 382 g/mol. The minimum atomic E-state index is -0.793. The van der Waals surface area contributed by atoms with Crippen LogP contribution in [0.3, 0.4) is 0 Å². The van der Waals surface area contributed by atoms with Crippen LogP contribution in [0, 0.1) is 11.6 Å². The van der Waals surface area contributed by atoms with Gasteiger partial charge in [-0.2, -0.15) is 0 Å². The van der Waals surface area contributed by atoms with Crippen molar-refractivity contribution in [1.29, 1.82) is 0 Å². The first kappa shape index (κ1) is 16.0. The molecule has 1 fully saturated rings. The Balaban J connectivity index is 1.93. The topological polar surface area (TPSA) is 43.8 Å². The highest BCUT2D eigenvalue weighted by atomic mass is 79.9. The van der Waals surface area contributed by atoms with E-state index in [1.165, 1.54) is 24.3 Å². The van der Waals surface area contributed by atoms with Gasteiger partial charge < -0.3 is 0 Å². The average molecular weight is 383 g/mol. The Morgan fingerprint density at radius 1 is 1.17 bits per heavy atom. The molecule has 1 saturated heterocycles. The molecule has 0 bridgehead atoms. The Morgan fingerprint density at radius 3 is 2.61 bits per heavy atom. The third-order valence-corrected chi connectivity index (χ3v) is 4.35. The Labute approximate surface area is 140 Å². The molecule has 4 nitrogen and oxygen atoms in total. The molecule has 2 aromatic carbocycles. The van der Waals surface area contributed by atoms with E-state index in [0.717, 1.165) is 0 Å². The van der Waals surface area contributed by atoms with Gasteiger partial charge in [0.25, 0.3) is 5.91 Å². The molecule has 1 amide bonds. The predicted molar refractivity (Wildman–Crippen MR) is 82.3 cm³/mol. The number of halogens is 3. The maximum atomic E-state index is 13.8. The van der Waals surface area contributed by atoms with Crippen molar-refractivity contribution in [3.05, 3.63) is 69.7 Å². The second-order valence-corrected chi connectivity index (χ2v) is 6.14. The van der Waals surface area contributed by atoms with Crippen molar-refractivity contribution < 1.29 is 18.8 Å². The normalized spacial score (nSPS) is 18.7. The van der Waals surface area contributed by atoms with Crippen LogP contribution in [0.1, 0.15) is 17.3 Å². The molecule has 23 heavy (non-hydrogen) atoms. The quantitative estimate of drug-likeness (QED) is 0.826. The molecule has 0 radical (unpaired) electrons. The van der Waals surface area contributed by atoms with Gasteiger partial charge in [-0.1, -0.05) is 24.3 Å². The summed E-state index contributed by atoms with van der Waals surface area (Å²) < 4.78 is 27.5. The smallest absolute Gasteiger partial charge is 0.262 e. The summed E-state index contributed by atoms with van der Waals surface area (Å²) in [5, 5.41) is 10.6. The second kappa shape index (κ2) is 6.35. The molecular formula is C16H13BrF2N2O2. The van der Waals surface area contributed by atoms with Gasteiger partial charge in [0.1, 0.15) is 17.8 Å². The Morgan fingerprint density at radius 2 is 1.91 bits per heavy atom. The zero-order chi connectivity index (χ0) is 16.6. The molecule has 0 saturated carbocycles. The number of amides is 1. The fourth-order valence-electron chi connectivity index (χ4n) is 2.64. The van der Waals surface area contributed by atoms with Crippen LogP contribution < -0.4 is 0 Å². The fraction of sp³-hybridized carbons (Fsp3) is 0.188. The van der Waals surface area contributed by atoms with Crippen LogP contribution >= 0.6 is 15.9 Å². The predicted octanol–water partition coefficient (Wildman–Crippen LogP) is 3.46. The van der Waals surface area contributed by atoms with Gasteiger partial charge in [0.2, 0.25) is 0 Å². The zero-order valence-corrected chi connectivity index (χ0v) is 13.5. The maximum absolute atomic E-state index is 13.8. The van der Waals surface area contributed by atoms with E-state index in [2.05, 4.69) is 15.9 Å².